The molecule has 0 saturated carbocycles. The third kappa shape index (κ3) is 4.20. The van der Waals surface area contributed by atoms with Gasteiger partial charge < -0.3 is 5.32 Å². The van der Waals surface area contributed by atoms with E-state index in [0.29, 0.717) is 10.7 Å². The van der Waals surface area contributed by atoms with Gasteiger partial charge in [-0.1, -0.05) is 59.8 Å². The first-order chi connectivity index (χ1) is 14.4. The van der Waals surface area contributed by atoms with E-state index in [0.717, 1.165) is 38.8 Å². The van der Waals surface area contributed by atoms with Crippen LogP contribution in [0.1, 0.15) is 17.0 Å². The standard InChI is InChI=1S/C23H21ClN4OS/c1-14-9-10-18(12-19(14)24)26-20(29)13-30-21-11-15(2)25-23-22(16(3)27-28(21)23)17-7-5-4-6-8-17/h4-12H,13H2,1-3H3,(H,26,29). The Labute approximate surface area is 184 Å². The highest BCUT2D eigenvalue weighted by Gasteiger charge is 2.17. The minimum absolute atomic E-state index is 0.102. The molecule has 0 radical (unpaired) electrons. The Morgan fingerprint density at radius 2 is 1.87 bits per heavy atom. The Bertz CT molecular complexity index is 1240. The van der Waals surface area contributed by atoms with E-state index in [2.05, 4.69) is 17.4 Å². The van der Waals surface area contributed by atoms with Crippen molar-refractivity contribution in [2.24, 2.45) is 0 Å². The molecule has 0 aliphatic heterocycles. The fraction of sp³-hybridized carbons (Fsp3) is 0.174. The Hall–Kier alpha value is -2.83. The quantitative estimate of drug-likeness (QED) is 0.321. The van der Waals surface area contributed by atoms with Crippen molar-refractivity contribution in [1.29, 1.82) is 0 Å². The van der Waals surface area contributed by atoms with Gasteiger partial charge in [0.1, 0.15) is 5.03 Å². The SMILES string of the molecule is Cc1cc(SCC(=O)Nc2ccc(C)c(Cl)c2)n2nc(C)c(-c3ccccc3)c2n1. The van der Waals surface area contributed by atoms with Gasteiger partial charge in [-0.05, 0) is 50.1 Å². The molecule has 4 rings (SSSR count). The van der Waals surface area contributed by atoms with Gasteiger partial charge in [-0.3, -0.25) is 4.79 Å². The summed E-state index contributed by atoms with van der Waals surface area (Å²) in [6.07, 6.45) is 0. The van der Waals surface area contributed by atoms with Crippen molar-refractivity contribution >= 4 is 40.6 Å². The summed E-state index contributed by atoms with van der Waals surface area (Å²) >= 11 is 7.58. The van der Waals surface area contributed by atoms with Crippen molar-refractivity contribution in [2.75, 3.05) is 11.1 Å². The van der Waals surface area contributed by atoms with Gasteiger partial charge >= 0.3 is 0 Å². The fourth-order valence-corrected chi connectivity index (χ4v) is 4.30. The first kappa shape index (κ1) is 20.4. The highest BCUT2D eigenvalue weighted by molar-refractivity contribution is 7.99. The Balaban J connectivity index is 1.58. The summed E-state index contributed by atoms with van der Waals surface area (Å²) in [5, 5.41) is 9.10. The first-order valence-corrected chi connectivity index (χ1v) is 10.9. The largest absolute Gasteiger partial charge is 0.325 e. The minimum Gasteiger partial charge on any atom is -0.325 e. The monoisotopic (exact) mass is 436 g/mol. The van der Waals surface area contributed by atoms with E-state index in [1.165, 1.54) is 11.8 Å². The van der Waals surface area contributed by atoms with Crippen LogP contribution in [0.3, 0.4) is 0 Å². The molecule has 2 aromatic carbocycles. The number of benzene rings is 2. The lowest BCUT2D eigenvalue weighted by atomic mass is 10.1. The molecule has 30 heavy (non-hydrogen) atoms. The Morgan fingerprint density at radius 3 is 2.60 bits per heavy atom. The van der Waals surface area contributed by atoms with E-state index in [1.54, 1.807) is 6.07 Å². The summed E-state index contributed by atoms with van der Waals surface area (Å²) in [4.78, 5) is 17.2. The smallest absolute Gasteiger partial charge is 0.234 e. The summed E-state index contributed by atoms with van der Waals surface area (Å²) in [7, 11) is 0. The molecule has 152 valence electrons. The normalized spacial score (nSPS) is 11.1. The maximum absolute atomic E-state index is 12.5. The van der Waals surface area contributed by atoms with Crippen LogP contribution in [0.4, 0.5) is 5.69 Å². The number of nitrogens with zero attached hydrogens (tertiary/aromatic N) is 3. The molecule has 4 aromatic rings. The molecule has 0 fully saturated rings. The van der Waals surface area contributed by atoms with Crippen LogP contribution in [0.5, 0.6) is 0 Å². The van der Waals surface area contributed by atoms with E-state index >= 15 is 0 Å². The molecule has 1 amide bonds. The topological polar surface area (TPSA) is 59.3 Å². The number of thioether (sulfide) groups is 1. The predicted octanol–water partition coefficient (Wildman–Crippen LogP) is 5.71. The van der Waals surface area contributed by atoms with Gasteiger partial charge in [0.15, 0.2) is 5.65 Å². The Kier molecular flexibility index (Phi) is 5.79. The zero-order chi connectivity index (χ0) is 21.3. The zero-order valence-electron chi connectivity index (χ0n) is 16.9. The van der Waals surface area contributed by atoms with Gasteiger partial charge in [0.2, 0.25) is 5.91 Å². The molecule has 1 N–H and O–H groups in total. The maximum Gasteiger partial charge on any atom is 0.234 e. The van der Waals surface area contributed by atoms with Crippen LogP contribution < -0.4 is 5.32 Å². The van der Waals surface area contributed by atoms with Gasteiger partial charge in [0.25, 0.3) is 0 Å². The highest BCUT2D eigenvalue weighted by atomic mass is 35.5. The Morgan fingerprint density at radius 1 is 1.10 bits per heavy atom. The van der Waals surface area contributed by atoms with E-state index < -0.39 is 0 Å². The second kappa shape index (κ2) is 8.50. The van der Waals surface area contributed by atoms with Crippen LogP contribution in [0, 0.1) is 20.8 Å². The number of nitrogens with one attached hydrogen (secondary N) is 1. The number of carbonyl (C=O) groups excluding carboxylic acids is 1. The summed E-state index contributed by atoms with van der Waals surface area (Å²) in [6.45, 7) is 5.86. The van der Waals surface area contributed by atoms with Crippen molar-refractivity contribution in [3.8, 4) is 11.1 Å². The van der Waals surface area contributed by atoms with E-state index in [9.17, 15) is 4.79 Å². The molecule has 0 aliphatic carbocycles. The van der Waals surface area contributed by atoms with Crippen LogP contribution >= 0.6 is 23.4 Å². The third-order valence-electron chi connectivity index (χ3n) is 4.73. The van der Waals surface area contributed by atoms with Crippen LogP contribution in [-0.4, -0.2) is 26.3 Å². The lowest BCUT2D eigenvalue weighted by Crippen LogP contribution is -2.14. The number of hydrogen-bond donors (Lipinski definition) is 1. The highest BCUT2D eigenvalue weighted by Crippen LogP contribution is 2.30. The molecule has 0 spiro atoms. The molecule has 0 atom stereocenters. The number of aromatic nitrogens is 3. The molecule has 0 saturated heterocycles. The average Bonchev–Trinajstić information content (AvgIpc) is 3.05. The molecule has 2 heterocycles. The van der Waals surface area contributed by atoms with Crippen molar-refractivity contribution in [1.82, 2.24) is 14.6 Å². The van der Waals surface area contributed by atoms with Crippen molar-refractivity contribution in [3.63, 3.8) is 0 Å². The number of fused-ring (bicyclic) bond motifs is 1. The van der Waals surface area contributed by atoms with Crippen LogP contribution in [0.2, 0.25) is 5.02 Å². The zero-order valence-corrected chi connectivity index (χ0v) is 18.5. The number of carbonyl (C=O) groups is 1. The summed E-state index contributed by atoms with van der Waals surface area (Å²) in [5.41, 5.74) is 6.34. The average molecular weight is 437 g/mol. The molecule has 2 aromatic heterocycles. The molecular weight excluding hydrogens is 416 g/mol. The van der Waals surface area contributed by atoms with Crippen molar-refractivity contribution in [3.05, 3.63) is 76.6 Å². The minimum atomic E-state index is -0.102. The van der Waals surface area contributed by atoms with Gasteiger partial charge in [-0.25, -0.2) is 9.50 Å². The molecule has 0 aliphatic rings. The molecule has 0 bridgehead atoms. The molecule has 5 nitrogen and oxygen atoms in total. The number of aryl methyl sites for hydroxylation is 3. The maximum atomic E-state index is 12.5. The lowest BCUT2D eigenvalue weighted by Gasteiger charge is -2.08. The second-order valence-electron chi connectivity index (χ2n) is 7.10. The molecular formula is C23H21ClN4OS. The van der Waals surface area contributed by atoms with E-state index in [1.807, 2.05) is 61.7 Å². The van der Waals surface area contributed by atoms with E-state index in [-0.39, 0.29) is 11.7 Å². The van der Waals surface area contributed by atoms with Gasteiger partial charge in [-0.15, -0.1) is 0 Å². The van der Waals surface area contributed by atoms with Crippen LogP contribution in [0.15, 0.2) is 59.6 Å². The van der Waals surface area contributed by atoms with Gasteiger partial charge in [-0.2, -0.15) is 5.10 Å². The molecule has 7 heteroatoms. The molecule has 0 unspecified atom stereocenters. The van der Waals surface area contributed by atoms with E-state index in [4.69, 9.17) is 21.7 Å². The predicted molar refractivity (Wildman–Crippen MR) is 123 cm³/mol. The third-order valence-corrected chi connectivity index (χ3v) is 6.13. The number of halogens is 1. The summed E-state index contributed by atoms with van der Waals surface area (Å²) in [6, 6.07) is 17.6. The number of anilines is 1. The first-order valence-electron chi connectivity index (χ1n) is 9.53. The number of rotatable bonds is 5. The van der Waals surface area contributed by atoms with Crippen molar-refractivity contribution in [2.45, 2.75) is 25.8 Å². The fourth-order valence-electron chi connectivity index (χ4n) is 3.26. The van der Waals surface area contributed by atoms with Crippen LogP contribution in [0.25, 0.3) is 16.8 Å². The van der Waals surface area contributed by atoms with Crippen LogP contribution in [-0.2, 0) is 4.79 Å². The summed E-state index contributed by atoms with van der Waals surface area (Å²) < 4.78 is 1.82. The number of hydrogen-bond acceptors (Lipinski definition) is 4. The lowest BCUT2D eigenvalue weighted by molar-refractivity contribution is -0.113. The second-order valence-corrected chi connectivity index (χ2v) is 8.50. The number of amides is 1. The van der Waals surface area contributed by atoms with Gasteiger partial charge in [0.05, 0.1) is 11.4 Å². The summed E-state index contributed by atoms with van der Waals surface area (Å²) in [5.74, 6) is 0.151. The van der Waals surface area contributed by atoms with Gasteiger partial charge in [0, 0.05) is 22.0 Å². The van der Waals surface area contributed by atoms with Crippen molar-refractivity contribution < 1.29 is 4.79 Å².